The highest BCUT2D eigenvalue weighted by atomic mass is 16.5. The fourth-order valence-corrected chi connectivity index (χ4v) is 5.06. The van der Waals surface area contributed by atoms with Crippen LogP contribution in [0.4, 0.5) is 4.79 Å². The largest absolute Gasteiger partial charge is 0.479 e. The first-order chi connectivity index (χ1) is 15.9. The van der Waals surface area contributed by atoms with Gasteiger partial charge in [0.2, 0.25) is 0 Å². The summed E-state index contributed by atoms with van der Waals surface area (Å²) in [5.74, 6) is -0.559. The van der Waals surface area contributed by atoms with Gasteiger partial charge in [0.15, 0.2) is 5.54 Å². The number of carbonyl (C=O) groups is 2. The number of rotatable bonds is 7. The Labute approximate surface area is 192 Å². The molecule has 2 aliphatic rings. The lowest BCUT2D eigenvalue weighted by atomic mass is 9.93. The standard InChI is InChI=1S/C26H27N3O4/c1-16-13-29(17(2)27-16)15-26(24(30)31,18-11-12-18)28-25(32)33-14-23-21-9-5-3-7-19(21)20-8-4-6-10-22(20)23/h3-10,13,18,23H,11-12,14-15H2,1-2H3,(H,28,32)(H,30,31). The number of aliphatic carboxylic acids is 1. The molecule has 1 amide bonds. The van der Waals surface area contributed by atoms with Gasteiger partial charge in [-0.1, -0.05) is 48.5 Å². The predicted molar refractivity (Wildman–Crippen MR) is 123 cm³/mol. The molecule has 7 nitrogen and oxygen atoms in total. The van der Waals surface area contributed by atoms with E-state index >= 15 is 0 Å². The van der Waals surface area contributed by atoms with Crippen molar-refractivity contribution in [3.8, 4) is 11.1 Å². The van der Waals surface area contributed by atoms with Gasteiger partial charge in [-0.05, 0) is 54.9 Å². The van der Waals surface area contributed by atoms with Crippen LogP contribution in [0.1, 0.15) is 41.4 Å². The first kappa shape index (κ1) is 21.2. The van der Waals surface area contributed by atoms with Crippen molar-refractivity contribution in [1.29, 1.82) is 0 Å². The van der Waals surface area contributed by atoms with Gasteiger partial charge in [-0.2, -0.15) is 0 Å². The molecule has 2 N–H and O–H groups in total. The topological polar surface area (TPSA) is 93.5 Å². The van der Waals surface area contributed by atoms with Gasteiger partial charge in [-0.15, -0.1) is 0 Å². The van der Waals surface area contributed by atoms with Crippen LogP contribution in [0.15, 0.2) is 54.7 Å². The zero-order valence-electron chi connectivity index (χ0n) is 18.7. The molecule has 0 spiro atoms. The van der Waals surface area contributed by atoms with Crippen molar-refractivity contribution in [3.05, 3.63) is 77.4 Å². The zero-order valence-corrected chi connectivity index (χ0v) is 18.7. The molecule has 0 bridgehead atoms. The Hall–Kier alpha value is -3.61. The van der Waals surface area contributed by atoms with E-state index in [1.807, 2.05) is 44.3 Å². The molecular formula is C26H27N3O4. The quantitative estimate of drug-likeness (QED) is 0.566. The highest BCUT2D eigenvalue weighted by Crippen LogP contribution is 2.45. The third-order valence-corrected chi connectivity index (χ3v) is 6.84. The van der Waals surface area contributed by atoms with Crippen molar-refractivity contribution in [2.45, 2.75) is 44.7 Å². The van der Waals surface area contributed by atoms with Crippen LogP contribution < -0.4 is 5.32 Å². The predicted octanol–water partition coefficient (Wildman–Crippen LogP) is 4.27. The Morgan fingerprint density at radius 2 is 1.70 bits per heavy atom. The number of fused-ring (bicyclic) bond motifs is 3. The maximum atomic E-state index is 12.9. The average Bonchev–Trinajstić information content (AvgIpc) is 3.53. The SMILES string of the molecule is Cc1cn(CC(NC(=O)OCC2c3ccccc3-c3ccccc32)(C(=O)O)C2CC2)c(C)n1. The highest BCUT2D eigenvalue weighted by Gasteiger charge is 2.53. The summed E-state index contributed by atoms with van der Waals surface area (Å²) in [7, 11) is 0. The summed E-state index contributed by atoms with van der Waals surface area (Å²) in [6.45, 7) is 3.95. The van der Waals surface area contributed by atoms with Crippen LogP contribution in [0.25, 0.3) is 11.1 Å². The van der Waals surface area contributed by atoms with Gasteiger partial charge in [0.25, 0.3) is 0 Å². The molecular weight excluding hydrogens is 418 g/mol. The van der Waals surface area contributed by atoms with E-state index in [9.17, 15) is 14.7 Å². The lowest BCUT2D eigenvalue weighted by Crippen LogP contribution is -2.59. The Morgan fingerprint density at radius 3 is 2.21 bits per heavy atom. The van der Waals surface area contributed by atoms with E-state index < -0.39 is 17.6 Å². The summed E-state index contributed by atoms with van der Waals surface area (Å²) in [6.07, 6.45) is 2.61. The van der Waals surface area contributed by atoms with Crippen LogP contribution >= 0.6 is 0 Å². The van der Waals surface area contributed by atoms with Gasteiger partial charge >= 0.3 is 12.1 Å². The van der Waals surface area contributed by atoms with E-state index in [2.05, 4.69) is 34.6 Å². The number of nitrogens with one attached hydrogen (secondary N) is 1. The van der Waals surface area contributed by atoms with Crippen LogP contribution in [0.5, 0.6) is 0 Å². The van der Waals surface area contributed by atoms with E-state index in [1.165, 1.54) is 0 Å². The molecule has 2 aliphatic carbocycles. The summed E-state index contributed by atoms with van der Waals surface area (Å²) in [6, 6.07) is 16.2. The highest BCUT2D eigenvalue weighted by molar-refractivity contribution is 5.85. The van der Waals surface area contributed by atoms with Gasteiger partial charge in [0.05, 0.1) is 12.2 Å². The van der Waals surface area contributed by atoms with Gasteiger partial charge in [-0.25, -0.2) is 14.6 Å². The monoisotopic (exact) mass is 445 g/mol. The third-order valence-electron chi connectivity index (χ3n) is 6.84. The normalized spacial score (nSPS) is 16.5. The number of amides is 1. The van der Waals surface area contributed by atoms with E-state index in [0.717, 1.165) is 40.8 Å². The first-order valence-corrected chi connectivity index (χ1v) is 11.3. The fraction of sp³-hybridized carbons (Fsp3) is 0.346. The number of ether oxygens (including phenoxy) is 1. The smallest absolute Gasteiger partial charge is 0.408 e. The van der Waals surface area contributed by atoms with Crippen molar-refractivity contribution in [3.63, 3.8) is 0 Å². The molecule has 2 aromatic carbocycles. The number of nitrogens with zero attached hydrogens (tertiary/aromatic N) is 2. The van der Waals surface area contributed by atoms with Crippen LogP contribution in [0.3, 0.4) is 0 Å². The Morgan fingerprint density at radius 1 is 1.09 bits per heavy atom. The Kier molecular flexibility index (Phi) is 5.19. The summed E-state index contributed by atoms with van der Waals surface area (Å²) in [4.78, 5) is 29.8. The number of carboxylic acids is 1. The van der Waals surface area contributed by atoms with Crippen LogP contribution in [-0.4, -0.2) is 38.9 Å². The molecule has 1 fully saturated rings. The molecule has 1 atom stereocenters. The summed E-state index contributed by atoms with van der Waals surface area (Å²) >= 11 is 0. The number of aryl methyl sites for hydroxylation is 2. The maximum absolute atomic E-state index is 12.9. The van der Waals surface area contributed by atoms with E-state index in [4.69, 9.17) is 4.74 Å². The molecule has 1 unspecified atom stereocenters. The second-order valence-corrected chi connectivity index (χ2v) is 9.06. The van der Waals surface area contributed by atoms with Crippen molar-refractivity contribution in [1.82, 2.24) is 14.9 Å². The van der Waals surface area contributed by atoms with Gasteiger partial charge < -0.3 is 19.7 Å². The molecule has 5 rings (SSSR count). The fourth-order valence-electron chi connectivity index (χ4n) is 5.06. The molecule has 0 saturated heterocycles. The number of imidazole rings is 1. The van der Waals surface area contributed by atoms with Crippen molar-refractivity contribution in [2.24, 2.45) is 5.92 Å². The number of hydrogen-bond donors (Lipinski definition) is 2. The molecule has 0 aliphatic heterocycles. The minimum atomic E-state index is -1.43. The molecule has 0 radical (unpaired) electrons. The molecule has 1 aromatic heterocycles. The van der Waals surface area contributed by atoms with Crippen molar-refractivity contribution < 1.29 is 19.4 Å². The third kappa shape index (κ3) is 3.77. The lowest BCUT2D eigenvalue weighted by Gasteiger charge is -2.31. The van der Waals surface area contributed by atoms with Crippen LogP contribution in [0, 0.1) is 19.8 Å². The maximum Gasteiger partial charge on any atom is 0.408 e. The summed E-state index contributed by atoms with van der Waals surface area (Å²) in [5.41, 5.74) is 3.89. The molecule has 170 valence electrons. The van der Waals surface area contributed by atoms with Crippen molar-refractivity contribution in [2.75, 3.05) is 6.61 Å². The number of aromatic nitrogens is 2. The van der Waals surface area contributed by atoms with Crippen LogP contribution in [0.2, 0.25) is 0 Å². The van der Waals surface area contributed by atoms with E-state index in [1.54, 1.807) is 4.57 Å². The minimum Gasteiger partial charge on any atom is -0.479 e. The molecule has 7 heteroatoms. The summed E-state index contributed by atoms with van der Waals surface area (Å²) in [5, 5.41) is 12.9. The average molecular weight is 446 g/mol. The number of alkyl carbamates (subject to hydrolysis) is 1. The van der Waals surface area contributed by atoms with E-state index in [-0.39, 0.29) is 25.0 Å². The van der Waals surface area contributed by atoms with Crippen LogP contribution in [-0.2, 0) is 16.1 Å². The van der Waals surface area contributed by atoms with Gasteiger partial charge in [-0.3, -0.25) is 0 Å². The molecule has 33 heavy (non-hydrogen) atoms. The second kappa shape index (κ2) is 8.06. The van der Waals surface area contributed by atoms with Crippen molar-refractivity contribution >= 4 is 12.1 Å². The summed E-state index contributed by atoms with van der Waals surface area (Å²) < 4.78 is 7.46. The molecule has 1 heterocycles. The molecule has 3 aromatic rings. The molecule has 1 saturated carbocycles. The van der Waals surface area contributed by atoms with E-state index in [0.29, 0.717) is 5.82 Å². The number of hydrogen-bond acceptors (Lipinski definition) is 4. The second-order valence-electron chi connectivity index (χ2n) is 9.06. The lowest BCUT2D eigenvalue weighted by molar-refractivity contribution is -0.146. The Balaban J connectivity index is 1.35. The number of carboxylic acid groups (broad SMARTS) is 1. The first-order valence-electron chi connectivity index (χ1n) is 11.3. The van der Waals surface area contributed by atoms with Gasteiger partial charge in [0.1, 0.15) is 12.4 Å². The minimum absolute atomic E-state index is 0.0816. The zero-order chi connectivity index (χ0) is 23.2. The van der Waals surface area contributed by atoms with Gasteiger partial charge in [0, 0.05) is 12.1 Å². The Bertz CT molecular complexity index is 1180. The number of benzene rings is 2. The number of carbonyl (C=O) groups excluding carboxylic acids is 1.